The number of nitrogens with zero attached hydrogens (tertiary/aromatic N) is 3. The molecule has 0 saturated carbocycles. The van der Waals surface area contributed by atoms with Crippen LogP contribution in [0.2, 0.25) is 0 Å². The number of aromatic nitrogens is 3. The molecule has 6 nitrogen and oxygen atoms in total. The molecule has 6 heteroatoms. The monoisotopic (exact) mass is 250 g/mol. The molecule has 0 aromatic carbocycles. The van der Waals surface area contributed by atoms with Gasteiger partial charge in [-0.3, -0.25) is 0 Å². The van der Waals surface area contributed by atoms with Gasteiger partial charge in [-0.05, 0) is 13.5 Å². The molecule has 1 N–H and O–H groups in total. The Kier molecular flexibility index (Phi) is 3.99. The van der Waals surface area contributed by atoms with Gasteiger partial charge in [0.15, 0.2) is 12.4 Å². The lowest BCUT2D eigenvalue weighted by atomic mass is 10.3. The van der Waals surface area contributed by atoms with Crippen molar-refractivity contribution in [1.82, 2.24) is 20.3 Å². The van der Waals surface area contributed by atoms with Crippen LogP contribution in [0, 0.1) is 6.92 Å². The van der Waals surface area contributed by atoms with E-state index in [4.69, 9.17) is 9.26 Å². The summed E-state index contributed by atoms with van der Waals surface area (Å²) in [7, 11) is 1.85. The molecular formula is C12H18N4O2. The maximum Gasteiger partial charge on any atom is 0.212 e. The fraction of sp³-hybridized carbons (Fsp3) is 0.500. The predicted octanol–water partition coefficient (Wildman–Crippen LogP) is 1.41. The van der Waals surface area contributed by atoms with Crippen molar-refractivity contribution in [3.8, 4) is 5.88 Å². The summed E-state index contributed by atoms with van der Waals surface area (Å²) in [6.07, 6.45) is 0. The van der Waals surface area contributed by atoms with Crippen LogP contribution < -0.4 is 10.1 Å². The Balaban J connectivity index is 1.90. The molecule has 0 bridgehead atoms. The molecule has 2 rings (SSSR count). The minimum absolute atomic E-state index is 0.359. The highest BCUT2D eigenvalue weighted by Gasteiger charge is 2.07. The molecule has 0 unspecified atom stereocenters. The van der Waals surface area contributed by atoms with Crippen LogP contribution in [0.15, 0.2) is 16.7 Å². The maximum absolute atomic E-state index is 5.61. The Bertz CT molecular complexity index is 504. The summed E-state index contributed by atoms with van der Waals surface area (Å²) >= 11 is 0. The average Bonchev–Trinajstić information content (AvgIpc) is 2.91. The van der Waals surface area contributed by atoms with Crippen LogP contribution in [0.25, 0.3) is 0 Å². The van der Waals surface area contributed by atoms with Gasteiger partial charge in [-0.25, -0.2) is 4.68 Å². The molecule has 0 spiro atoms. The van der Waals surface area contributed by atoms with Gasteiger partial charge in [0, 0.05) is 25.7 Å². The van der Waals surface area contributed by atoms with E-state index in [0.29, 0.717) is 18.9 Å². The summed E-state index contributed by atoms with van der Waals surface area (Å²) in [6.45, 7) is 5.96. The number of hydrogen-bond donors (Lipinski definition) is 1. The maximum atomic E-state index is 5.61. The third-order valence-electron chi connectivity index (χ3n) is 2.49. The van der Waals surface area contributed by atoms with Gasteiger partial charge in [-0.15, -0.1) is 0 Å². The molecular weight excluding hydrogens is 232 g/mol. The molecule has 0 radical (unpaired) electrons. The van der Waals surface area contributed by atoms with Crippen molar-refractivity contribution in [1.29, 1.82) is 0 Å². The lowest BCUT2D eigenvalue weighted by Crippen LogP contribution is -2.11. The van der Waals surface area contributed by atoms with Crippen LogP contribution in [0.5, 0.6) is 5.88 Å². The van der Waals surface area contributed by atoms with Crippen molar-refractivity contribution < 1.29 is 9.26 Å². The van der Waals surface area contributed by atoms with Gasteiger partial charge in [-0.2, -0.15) is 5.10 Å². The minimum Gasteiger partial charge on any atom is -0.470 e. The second-order valence-corrected chi connectivity index (χ2v) is 4.10. The van der Waals surface area contributed by atoms with Crippen LogP contribution >= 0.6 is 0 Å². The van der Waals surface area contributed by atoms with E-state index < -0.39 is 0 Å². The molecule has 2 aromatic heterocycles. The molecule has 0 atom stereocenters. The smallest absolute Gasteiger partial charge is 0.212 e. The van der Waals surface area contributed by atoms with Gasteiger partial charge in [0.2, 0.25) is 5.88 Å². The molecule has 18 heavy (non-hydrogen) atoms. The third kappa shape index (κ3) is 3.10. The number of nitrogens with one attached hydrogen (secondary N) is 1. The molecule has 98 valence electrons. The Morgan fingerprint density at radius 3 is 2.94 bits per heavy atom. The van der Waals surface area contributed by atoms with Crippen molar-refractivity contribution >= 4 is 0 Å². The Morgan fingerprint density at radius 1 is 1.44 bits per heavy atom. The zero-order valence-electron chi connectivity index (χ0n) is 10.9. The largest absolute Gasteiger partial charge is 0.470 e. The molecule has 2 aromatic rings. The standard InChI is InChI=1S/C12H18N4O2/c1-4-13-7-10-6-11(18-15-10)8-17-12-5-9(2)14-16(12)3/h5-6,13H,4,7-8H2,1-3H3. The van der Waals surface area contributed by atoms with E-state index in [1.165, 1.54) is 0 Å². The van der Waals surface area contributed by atoms with Gasteiger partial charge in [0.25, 0.3) is 0 Å². The fourth-order valence-electron chi connectivity index (χ4n) is 1.63. The van der Waals surface area contributed by atoms with E-state index in [2.05, 4.69) is 22.5 Å². The van der Waals surface area contributed by atoms with Crippen LogP contribution in [-0.2, 0) is 20.2 Å². The molecule has 0 saturated heterocycles. The van der Waals surface area contributed by atoms with Crippen molar-refractivity contribution in [3.05, 3.63) is 29.3 Å². The molecule has 0 aliphatic rings. The minimum atomic E-state index is 0.359. The second kappa shape index (κ2) is 5.68. The van der Waals surface area contributed by atoms with E-state index >= 15 is 0 Å². The summed E-state index contributed by atoms with van der Waals surface area (Å²) in [5, 5.41) is 11.3. The number of hydrogen-bond acceptors (Lipinski definition) is 5. The summed E-state index contributed by atoms with van der Waals surface area (Å²) in [5.74, 6) is 1.43. The van der Waals surface area contributed by atoms with Gasteiger partial charge in [-0.1, -0.05) is 12.1 Å². The highest BCUT2D eigenvalue weighted by molar-refractivity contribution is 5.15. The average molecular weight is 250 g/mol. The van der Waals surface area contributed by atoms with Crippen LogP contribution in [0.1, 0.15) is 24.1 Å². The second-order valence-electron chi connectivity index (χ2n) is 4.10. The fourth-order valence-corrected chi connectivity index (χ4v) is 1.63. The molecule has 0 aliphatic carbocycles. The van der Waals surface area contributed by atoms with E-state index in [0.717, 1.165) is 23.8 Å². The SMILES string of the molecule is CCNCc1cc(COc2cc(C)nn2C)on1. The summed E-state index contributed by atoms with van der Waals surface area (Å²) < 4.78 is 12.5. The Morgan fingerprint density at radius 2 is 2.28 bits per heavy atom. The summed E-state index contributed by atoms with van der Waals surface area (Å²) in [5.41, 5.74) is 1.81. The molecule has 0 amide bonds. The lowest BCUT2D eigenvalue weighted by Gasteiger charge is -2.02. The van der Waals surface area contributed by atoms with Crippen molar-refractivity contribution in [2.75, 3.05) is 6.54 Å². The lowest BCUT2D eigenvalue weighted by molar-refractivity contribution is 0.232. The van der Waals surface area contributed by atoms with Crippen molar-refractivity contribution in [2.45, 2.75) is 27.0 Å². The summed E-state index contributed by atoms with van der Waals surface area (Å²) in [6, 6.07) is 3.78. The first-order valence-electron chi connectivity index (χ1n) is 5.97. The van der Waals surface area contributed by atoms with E-state index in [9.17, 15) is 0 Å². The molecule has 0 fully saturated rings. The highest BCUT2D eigenvalue weighted by atomic mass is 16.5. The number of aryl methyl sites for hydroxylation is 2. The summed E-state index contributed by atoms with van der Waals surface area (Å²) in [4.78, 5) is 0. The topological polar surface area (TPSA) is 65.1 Å². The zero-order valence-corrected chi connectivity index (χ0v) is 10.9. The molecule has 0 aliphatic heterocycles. The van der Waals surface area contributed by atoms with E-state index in [1.54, 1.807) is 4.68 Å². The Labute approximate surface area is 106 Å². The predicted molar refractivity (Wildman–Crippen MR) is 66.2 cm³/mol. The quantitative estimate of drug-likeness (QED) is 0.839. The third-order valence-corrected chi connectivity index (χ3v) is 2.49. The number of ether oxygens (including phenoxy) is 1. The first-order chi connectivity index (χ1) is 8.69. The van der Waals surface area contributed by atoms with Crippen LogP contribution in [-0.4, -0.2) is 21.5 Å². The first-order valence-corrected chi connectivity index (χ1v) is 5.97. The Hall–Kier alpha value is -1.82. The normalized spacial score (nSPS) is 10.8. The first kappa shape index (κ1) is 12.6. The number of rotatable bonds is 6. The molecule has 2 heterocycles. The van der Waals surface area contributed by atoms with Gasteiger partial charge in [0.1, 0.15) is 0 Å². The van der Waals surface area contributed by atoms with Crippen LogP contribution in [0.4, 0.5) is 0 Å². The van der Waals surface area contributed by atoms with Gasteiger partial charge >= 0.3 is 0 Å². The highest BCUT2D eigenvalue weighted by Crippen LogP contribution is 2.13. The van der Waals surface area contributed by atoms with Crippen molar-refractivity contribution in [3.63, 3.8) is 0 Å². The van der Waals surface area contributed by atoms with Crippen molar-refractivity contribution in [2.24, 2.45) is 7.05 Å². The van der Waals surface area contributed by atoms with Gasteiger partial charge < -0.3 is 14.6 Å². The zero-order chi connectivity index (χ0) is 13.0. The van der Waals surface area contributed by atoms with Crippen LogP contribution in [0.3, 0.4) is 0 Å². The van der Waals surface area contributed by atoms with E-state index in [1.807, 2.05) is 26.1 Å². The van der Waals surface area contributed by atoms with E-state index in [-0.39, 0.29) is 0 Å². The van der Waals surface area contributed by atoms with Gasteiger partial charge in [0.05, 0.1) is 11.4 Å².